The quantitative estimate of drug-likeness (QED) is 0.853. The first-order valence-corrected chi connectivity index (χ1v) is 6.97. The highest BCUT2D eigenvalue weighted by Gasteiger charge is 2.08. The zero-order valence-corrected chi connectivity index (χ0v) is 12.5. The molecule has 0 atom stereocenters. The highest BCUT2D eigenvalue weighted by Crippen LogP contribution is 2.32. The normalized spacial score (nSPS) is 10.3. The fourth-order valence-electron chi connectivity index (χ4n) is 1.57. The number of nitrogens with zero attached hydrogens (tertiary/aromatic N) is 1. The Morgan fingerprint density at radius 2 is 2.05 bits per heavy atom. The largest absolute Gasteiger partial charge is 0.476 e. The van der Waals surface area contributed by atoms with Crippen LogP contribution in [0.1, 0.15) is 13.3 Å². The molecule has 6 heteroatoms. The number of halogens is 2. The van der Waals surface area contributed by atoms with Crippen molar-refractivity contribution < 1.29 is 4.74 Å². The maximum absolute atomic E-state index is 6.12. The number of pyridine rings is 1. The van der Waals surface area contributed by atoms with Gasteiger partial charge in [-0.3, -0.25) is 0 Å². The fraction of sp³-hybridized carbons (Fsp3) is 0.214. The van der Waals surface area contributed by atoms with Gasteiger partial charge in [0.1, 0.15) is 5.82 Å². The molecule has 0 bridgehead atoms. The van der Waals surface area contributed by atoms with Crippen LogP contribution in [0, 0.1) is 0 Å². The van der Waals surface area contributed by atoms with E-state index in [9.17, 15) is 0 Å². The number of ether oxygens (including phenoxy) is 1. The van der Waals surface area contributed by atoms with Crippen molar-refractivity contribution in [1.29, 1.82) is 0 Å². The van der Waals surface area contributed by atoms with Gasteiger partial charge in [-0.1, -0.05) is 36.2 Å². The molecule has 0 aliphatic carbocycles. The second kappa shape index (κ2) is 6.68. The van der Waals surface area contributed by atoms with Gasteiger partial charge in [0, 0.05) is 0 Å². The van der Waals surface area contributed by atoms with Crippen LogP contribution in [-0.4, -0.2) is 11.6 Å². The van der Waals surface area contributed by atoms with Gasteiger partial charge in [-0.15, -0.1) is 0 Å². The minimum atomic E-state index is 0.412. The summed E-state index contributed by atoms with van der Waals surface area (Å²) in [5.74, 6) is 1.00. The molecule has 20 heavy (non-hydrogen) atoms. The molecule has 2 rings (SSSR count). The number of benzene rings is 1. The summed E-state index contributed by atoms with van der Waals surface area (Å²) in [5, 5.41) is 4.02. The zero-order chi connectivity index (χ0) is 14.5. The number of hydrogen-bond acceptors (Lipinski definition) is 4. The molecule has 4 nitrogen and oxygen atoms in total. The van der Waals surface area contributed by atoms with Crippen LogP contribution >= 0.6 is 23.2 Å². The van der Waals surface area contributed by atoms with E-state index in [1.54, 1.807) is 18.2 Å². The van der Waals surface area contributed by atoms with Crippen molar-refractivity contribution in [3.63, 3.8) is 0 Å². The van der Waals surface area contributed by atoms with E-state index in [1.807, 2.05) is 19.1 Å². The van der Waals surface area contributed by atoms with Gasteiger partial charge < -0.3 is 15.8 Å². The number of nitrogens with two attached hydrogens (primary N) is 1. The zero-order valence-electron chi connectivity index (χ0n) is 11.0. The van der Waals surface area contributed by atoms with E-state index < -0.39 is 0 Å². The minimum Gasteiger partial charge on any atom is -0.476 e. The first-order valence-electron chi connectivity index (χ1n) is 6.22. The van der Waals surface area contributed by atoms with Gasteiger partial charge in [0.05, 0.1) is 28.0 Å². The maximum atomic E-state index is 6.12. The number of hydrogen-bond donors (Lipinski definition) is 2. The molecule has 0 fully saturated rings. The Hall–Kier alpha value is -1.65. The SMILES string of the molecule is CCCOc1nc(Nc2cccc(Cl)c2Cl)ccc1N. The Balaban J connectivity index is 2.23. The molecule has 0 saturated carbocycles. The van der Waals surface area contributed by atoms with Crippen LogP contribution in [0.15, 0.2) is 30.3 Å². The molecular formula is C14H15Cl2N3O. The third-order valence-electron chi connectivity index (χ3n) is 2.55. The Labute approximate surface area is 127 Å². The van der Waals surface area contributed by atoms with Crippen molar-refractivity contribution in [2.75, 3.05) is 17.7 Å². The minimum absolute atomic E-state index is 0.412. The summed E-state index contributed by atoms with van der Waals surface area (Å²) < 4.78 is 5.48. The van der Waals surface area contributed by atoms with Crippen molar-refractivity contribution >= 4 is 40.4 Å². The second-order valence-corrected chi connectivity index (χ2v) is 4.95. The summed E-state index contributed by atoms with van der Waals surface area (Å²) in [5.41, 5.74) is 6.99. The molecule has 0 aliphatic heterocycles. The van der Waals surface area contributed by atoms with Gasteiger partial charge in [0.2, 0.25) is 5.88 Å². The smallest absolute Gasteiger partial charge is 0.239 e. The highest BCUT2D eigenvalue weighted by atomic mass is 35.5. The first-order chi connectivity index (χ1) is 9.61. The van der Waals surface area contributed by atoms with Gasteiger partial charge in [0.15, 0.2) is 0 Å². The molecule has 1 aromatic heterocycles. The van der Waals surface area contributed by atoms with E-state index in [1.165, 1.54) is 0 Å². The summed E-state index contributed by atoms with van der Waals surface area (Å²) in [6.07, 6.45) is 0.888. The molecule has 3 N–H and O–H groups in total. The lowest BCUT2D eigenvalue weighted by Crippen LogP contribution is -2.03. The third kappa shape index (κ3) is 3.46. The molecule has 0 aliphatic rings. The van der Waals surface area contributed by atoms with Gasteiger partial charge in [-0.2, -0.15) is 4.98 Å². The monoisotopic (exact) mass is 311 g/mol. The van der Waals surface area contributed by atoms with E-state index in [2.05, 4.69) is 10.3 Å². The summed E-state index contributed by atoms with van der Waals surface area (Å²) in [6.45, 7) is 2.59. The van der Waals surface area contributed by atoms with Gasteiger partial charge in [-0.05, 0) is 30.7 Å². The van der Waals surface area contributed by atoms with Crippen molar-refractivity contribution in [3.05, 3.63) is 40.4 Å². The average molecular weight is 312 g/mol. The summed E-state index contributed by atoms with van der Waals surface area (Å²) >= 11 is 12.1. The number of rotatable bonds is 5. The number of nitrogens with one attached hydrogen (secondary N) is 1. The molecule has 0 amide bonds. The van der Waals surface area contributed by atoms with Crippen LogP contribution in [0.2, 0.25) is 10.0 Å². The molecule has 0 radical (unpaired) electrons. The van der Waals surface area contributed by atoms with E-state index >= 15 is 0 Å². The van der Waals surface area contributed by atoms with Crippen molar-refractivity contribution in [1.82, 2.24) is 4.98 Å². The number of aromatic nitrogens is 1. The Morgan fingerprint density at radius 3 is 2.80 bits per heavy atom. The van der Waals surface area contributed by atoms with E-state index in [-0.39, 0.29) is 0 Å². The predicted molar refractivity (Wildman–Crippen MR) is 84.2 cm³/mol. The van der Waals surface area contributed by atoms with E-state index in [0.29, 0.717) is 39.7 Å². The van der Waals surface area contributed by atoms with Crippen LogP contribution in [0.3, 0.4) is 0 Å². The molecular weight excluding hydrogens is 297 g/mol. The Kier molecular flexibility index (Phi) is 4.93. The lowest BCUT2D eigenvalue weighted by molar-refractivity contribution is 0.307. The summed E-state index contributed by atoms with van der Waals surface area (Å²) in [6, 6.07) is 8.84. The predicted octanol–water partition coefficient (Wildman–Crippen LogP) is 4.50. The lowest BCUT2D eigenvalue weighted by atomic mass is 10.3. The molecule has 2 aromatic rings. The van der Waals surface area contributed by atoms with Gasteiger partial charge >= 0.3 is 0 Å². The summed E-state index contributed by atoms with van der Waals surface area (Å²) in [7, 11) is 0. The lowest BCUT2D eigenvalue weighted by Gasteiger charge is -2.11. The van der Waals surface area contributed by atoms with Crippen LogP contribution in [0.25, 0.3) is 0 Å². The maximum Gasteiger partial charge on any atom is 0.239 e. The van der Waals surface area contributed by atoms with Crippen LogP contribution in [-0.2, 0) is 0 Å². The third-order valence-corrected chi connectivity index (χ3v) is 3.37. The van der Waals surface area contributed by atoms with Crippen LogP contribution in [0.5, 0.6) is 5.88 Å². The summed E-state index contributed by atoms with van der Waals surface area (Å²) in [4.78, 5) is 4.32. The molecule has 0 saturated heterocycles. The molecule has 0 unspecified atom stereocenters. The van der Waals surface area contributed by atoms with Crippen molar-refractivity contribution in [2.45, 2.75) is 13.3 Å². The molecule has 0 spiro atoms. The van der Waals surface area contributed by atoms with Crippen LogP contribution in [0.4, 0.5) is 17.2 Å². The standard InChI is InChI=1S/C14H15Cl2N3O/c1-2-8-20-14-10(17)6-7-12(19-14)18-11-5-3-4-9(15)13(11)16/h3-7H,2,8,17H2,1H3,(H,18,19). The molecule has 106 valence electrons. The topological polar surface area (TPSA) is 60.2 Å². The Morgan fingerprint density at radius 1 is 1.25 bits per heavy atom. The first kappa shape index (κ1) is 14.8. The Bertz CT molecular complexity index is 605. The number of nitrogen functional groups attached to an aromatic ring is 1. The highest BCUT2D eigenvalue weighted by molar-refractivity contribution is 6.43. The second-order valence-electron chi connectivity index (χ2n) is 4.17. The van der Waals surface area contributed by atoms with Crippen molar-refractivity contribution in [3.8, 4) is 5.88 Å². The van der Waals surface area contributed by atoms with Crippen LogP contribution < -0.4 is 15.8 Å². The fourth-order valence-corrected chi connectivity index (χ4v) is 1.92. The number of anilines is 3. The average Bonchev–Trinajstić information content (AvgIpc) is 2.44. The van der Waals surface area contributed by atoms with E-state index in [4.69, 9.17) is 33.7 Å². The molecule has 1 heterocycles. The van der Waals surface area contributed by atoms with E-state index in [0.717, 1.165) is 6.42 Å². The molecule has 1 aromatic carbocycles. The van der Waals surface area contributed by atoms with Gasteiger partial charge in [0.25, 0.3) is 0 Å². The van der Waals surface area contributed by atoms with Gasteiger partial charge in [-0.25, -0.2) is 0 Å². The van der Waals surface area contributed by atoms with Crippen molar-refractivity contribution in [2.24, 2.45) is 0 Å².